The third kappa shape index (κ3) is 3.54. The largest absolute Gasteiger partial charge is 0.478 e. The average Bonchev–Trinajstić information content (AvgIpc) is 2.69. The highest BCUT2D eigenvalue weighted by Gasteiger charge is 2.15. The lowest BCUT2D eigenvalue weighted by atomic mass is 10.1. The van der Waals surface area contributed by atoms with E-state index in [2.05, 4.69) is 44.3 Å². The highest BCUT2D eigenvalue weighted by atomic mass is 16.4. The van der Waals surface area contributed by atoms with Gasteiger partial charge in [-0.05, 0) is 43.4 Å². The third-order valence-electron chi connectivity index (χ3n) is 4.89. The van der Waals surface area contributed by atoms with Crippen molar-refractivity contribution in [3.63, 3.8) is 0 Å². The van der Waals surface area contributed by atoms with Gasteiger partial charge in [0.05, 0.1) is 16.5 Å². The van der Waals surface area contributed by atoms with E-state index in [1.807, 2.05) is 12.1 Å². The second kappa shape index (κ2) is 7.20. The maximum atomic E-state index is 11.6. The average molecular weight is 363 g/mol. The second-order valence-corrected chi connectivity index (χ2v) is 6.69. The van der Waals surface area contributed by atoms with Crippen molar-refractivity contribution in [3.05, 3.63) is 54.4 Å². The van der Waals surface area contributed by atoms with E-state index in [-0.39, 0.29) is 5.56 Å². The van der Waals surface area contributed by atoms with Gasteiger partial charge in [0.15, 0.2) is 0 Å². The fourth-order valence-electron chi connectivity index (χ4n) is 3.34. The number of carboxylic acids is 1. The van der Waals surface area contributed by atoms with Crippen LogP contribution in [0.4, 0.5) is 17.2 Å². The van der Waals surface area contributed by atoms with Gasteiger partial charge in [0, 0.05) is 37.6 Å². The molecule has 0 aliphatic carbocycles. The van der Waals surface area contributed by atoms with Gasteiger partial charge in [0.1, 0.15) is 12.1 Å². The van der Waals surface area contributed by atoms with E-state index in [9.17, 15) is 9.90 Å². The SMILES string of the molecule is CN1CCN(c2ccc(Nc3ncnc4cccc(C(=O)O)c34)cc2)CC1. The fraction of sp³-hybridized carbons (Fsp3) is 0.250. The number of carbonyl (C=O) groups is 1. The molecule has 4 rings (SSSR count). The predicted molar refractivity (Wildman–Crippen MR) is 106 cm³/mol. The van der Waals surface area contributed by atoms with Crippen LogP contribution in [0.5, 0.6) is 0 Å². The first-order valence-electron chi connectivity index (χ1n) is 8.89. The smallest absolute Gasteiger partial charge is 0.336 e. The number of nitrogens with zero attached hydrogens (tertiary/aromatic N) is 4. The molecule has 0 spiro atoms. The van der Waals surface area contributed by atoms with Crippen LogP contribution in [-0.4, -0.2) is 59.2 Å². The van der Waals surface area contributed by atoms with Gasteiger partial charge in [0.2, 0.25) is 0 Å². The zero-order chi connectivity index (χ0) is 18.8. The molecule has 7 heteroatoms. The molecule has 0 unspecified atom stereocenters. The third-order valence-corrected chi connectivity index (χ3v) is 4.89. The van der Waals surface area contributed by atoms with Crippen molar-refractivity contribution < 1.29 is 9.90 Å². The van der Waals surface area contributed by atoms with Crippen molar-refractivity contribution in [1.82, 2.24) is 14.9 Å². The lowest BCUT2D eigenvalue weighted by Crippen LogP contribution is -2.44. The van der Waals surface area contributed by atoms with Gasteiger partial charge in [-0.1, -0.05) is 6.07 Å². The zero-order valence-electron chi connectivity index (χ0n) is 15.1. The number of piperazine rings is 1. The molecule has 138 valence electrons. The van der Waals surface area contributed by atoms with E-state index >= 15 is 0 Å². The van der Waals surface area contributed by atoms with Gasteiger partial charge < -0.3 is 20.2 Å². The van der Waals surface area contributed by atoms with Crippen LogP contribution in [0.1, 0.15) is 10.4 Å². The van der Waals surface area contributed by atoms with E-state index in [0.29, 0.717) is 16.7 Å². The Morgan fingerprint density at radius 3 is 2.48 bits per heavy atom. The summed E-state index contributed by atoms with van der Waals surface area (Å²) in [5, 5.41) is 13.2. The number of anilines is 3. The Balaban J connectivity index is 1.60. The Bertz CT molecular complexity index is 961. The number of carboxylic acid groups (broad SMARTS) is 1. The Hall–Kier alpha value is -3.19. The summed E-state index contributed by atoms with van der Waals surface area (Å²) in [4.78, 5) is 24.7. The molecule has 1 aliphatic rings. The summed E-state index contributed by atoms with van der Waals surface area (Å²) in [6, 6.07) is 13.2. The molecule has 1 fully saturated rings. The summed E-state index contributed by atoms with van der Waals surface area (Å²) >= 11 is 0. The van der Waals surface area contributed by atoms with Gasteiger partial charge in [-0.2, -0.15) is 0 Å². The molecule has 0 saturated carbocycles. The van der Waals surface area contributed by atoms with Gasteiger partial charge in [-0.3, -0.25) is 0 Å². The minimum absolute atomic E-state index is 0.185. The molecule has 0 bridgehead atoms. The minimum atomic E-state index is -0.996. The molecule has 2 heterocycles. The van der Waals surface area contributed by atoms with E-state index in [4.69, 9.17) is 0 Å². The van der Waals surface area contributed by atoms with E-state index in [1.165, 1.54) is 12.0 Å². The number of nitrogens with one attached hydrogen (secondary N) is 1. The van der Waals surface area contributed by atoms with Crippen molar-refractivity contribution in [2.75, 3.05) is 43.4 Å². The summed E-state index contributed by atoms with van der Waals surface area (Å²) in [5.74, 6) is -0.505. The van der Waals surface area contributed by atoms with Crippen LogP contribution in [0.25, 0.3) is 10.9 Å². The normalized spacial score (nSPS) is 15.1. The molecule has 1 aromatic heterocycles. The predicted octanol–water partition coefficient (Wildman–Crippen LogP) is 2.82. The number of likely N-dealkylation sites (N-methyl/N-ethyl adjacent to an activating group) is 1. The van der Waals surface area contributed by atoms with Crippen molar-refractivity contribution >= 4 is 34.1 Å². The Kier molecular flexibility index (Phi) is 4.60. The molecule has 0 atom stereocenters. The number of aromatic nitrogens is 2. The van der Waals surface area contributed by atoms with E-state index in [1.54, 1.807) is 18.2 Å². The highest BCUT2D eigenvalue weighted by Crippen LogP contribution is 2.27. The van der Waals surface area contributed by atoms with Crippen molar-refractivity contribution in [1.29, 1.82) is 0 Å². The van der Waals surface area contributed by atoms with Crippen LogP contribution in [0.15, 0.2) is 48.8 Å². The number of hydrogen-bond acceptors (Lipinski definition) is 6. The summed E-state index contributed by atoms with van der Waals surface area (Å²) in [7, 11) is 2.14. The van der Waals surface area contributed by atoms with Crippen LogP contribution in [0, 0.1) is 0 Å². The highest BCUT2D eigenvalue weighted by molar-refractivity contribution is 6.07. The second-order valence-electron chi connectivity index (χ2n) is 6.69. The molecule has 0 amide bonds. The number of benzene rings is 2. The number of aromatic carboxylic acids is 1. The van der Waals surface area contributed by atoms with Crippen LogP contribution in [0.2, 0.25) is 0 Å². The lowest BCUT2D eigenvalue weighted by molar-refractivity contribution is 0.0699. The molecule has 7 nitrogen and oxygen atoms in total. The standard InChI is InChI=1S/C20H21N5O2/c1-24-9-11-25(12-10-24)15-7-5-14(6-8-15)23-19-18-16(20(26)27)3-2-4-17(18)21-13-22-19/h2-8,13H,9-12H2,1H3,(H,26,27)(H,21,22,23). The number of rotatable bonds is 4. The molecular formula is C20H21N5O2. The summed E-state index contributed by atoms with van der Waals surface area (Å²) in [6.45, 7) is 4.15. The molecule has 1 saturated heterocycles. The van der Waals surface area contributed by atoms with E-state index in [0.717, 1.165) is 31.9 Å². The first-order chi connectivity index (χ1) is 13.1. The summed E-state index contributed by atoms with van der Waals surface area (Å²) in [5.41, 5.74) is 2.83. The zero-order valence-corrected chi connectivity index (χ0v) is 15.1. The van der Waals surface area contributed by atoms with Gasteiger partial charge in [-0.15, -0.1) is 0 Å². The Morgan fingerprint density at radius 1 is 1.04 bits per heavy atom. The minimum Gasteiger partial charge on any atom is -0.478 e. The molecule has 2 N–H and O–H groups in total. The topological polar surface area (TPSA) is 81.6 Å². The monoisotopic (exact) mass is 363 g/mol. The molecule has 3 aromatic rings. The van der Waals surface area contributed by atoms with Crippen LogP contribution < -0.4 is 10.2 Å². The van der Waals surface area contributed by atoms with Crippen LogP contribution in [0.3, 0.4) is 0 Å². The van der Waals surface area contributed by atoms with Crippen molar-refractivity contribution in [2.45, 2.75) is 0 Å². The van der Waals surface area contributed by atoms with Crippen LogP contribution >= 0.6 is 0 Å². The molecular weight excluding hydrogens is 342 g/mol. The Labute approximate surface area is 157 Å². The van der Waals surface area contributed by atoms with Gasteiger partial charge in [0.25, 0.3) is 0 Å². The molecule has 1 aliphatic heterocycles. The maximum Gasteiger partial charge on any atom is 0.336 e. The number of hydrogen-bond donors (Lipinski definition) is 2. The van der Waals surface area contributed by atoms with Gasteiger partial charge >= 0.3 is 5.97 Å². The van der Waals surface area contributed by atoms with Gasteiger partial charge in [-0.25, -0.2) is 14.8 Å². The lowest BCUT2D eigenvalue weighted by Gasteiger charge is -2.34. The summed E-state index contributed by atoms with van der Waals surface area (Å²) < 4.78 is 0. The first kappa shape index (κ1) is 17.2. The van der Waals surface area contributed by atoms with E-state index < -0.39 is 5.97 Å². The van der Waals surface area contributed by atoms with Crippen molar-refractivity contribution in [3.8, 4) is 0 Å². The van der Waals surface area contributed by atoms with Crippen molar-refractivity contribution in [2.24, 2.45) is 0 Å². The molecule has 0 radical (unpaired) electrons. The fourth-order valence-corrected chi connectivity index (χ4v) is 3.34. The number of fused-ring (bicyclic) bond motifs is 1. The molecule has 2 aromatic carbocycles. The molecule has 27 heavy (non-hydrogen) atoms. The summed E-state index contributed by atoms with van der Waals surface area (Å²) in [6.07, 6.45) is 1.44. The first-order valence-corrected chi connectivity index (χ1v) is 8.89. The Morgan fingerprint density at radius 2 is 1.78 bits per heavy atom. The van der Waals surface area contributed by atoms with Crippen LogP contribution in [-0.2, 0) is 0 Å². The quantitative estimate of drug-likeness (QED) is 0.738. The maximum absolute atomic E-state index is 11.6.